The molecule has 1 aromatic heterocycles. The topological polar surface area (TPSA) is 88.2 Å². The molecule has 2 N–H and O–H groups in total. The van der Waals surface area contributed by atoms with Gasteiger partial charge in [-0.3, -0.25) is 0 Å². The van der Waals surface area contributed by atoms with Crippen LogP contribution in [0.4, 0.5) is 0 Å². The van der Waals surface area contributed by atoms with Gasteiger partial charge in [0.1, 0.15) is 5.69 Å². The van der Waals surface area contributed by atoms with E-state index in [2.05, 4.69) is 10.3 Å². The summed E-state index contributed by atoms with van der Waals surface area (Å²) in [6, 6.07) is 0. The molecule has 6 heteroatoms. The Morgan fingerprint density at radius 1 is 1.16 bits per heavy atom. The van der Waals surface area contributed by atoms with Gasteiger partial charge in [0, 0.05) is 5.41 Å². The molecule has 19 heavy (non-hydrogen) atoms. The van der Waals surface area contributed by atoms with Crippen LogP contribution in [0, 0.1) is 17.8 Å². The van der Waals surface area contributed by atoms with E-state index in [0.717, 1.165) is 19.3 Å². The first-order chi connectivity index (χ1) is 9.07. The maximum absolute atomic E-state index is 11.3. The van der Waals surface area contributed by atoms with Crippen molar-refractivity contribution in [3.05, 3.63) is 11.4 Å². The summed E-state index contributed by atoms with van der Waals surface area (Å²) in [6.45, 7) is 0. The number of nitrogens with zero attached hydrogens (tertiary/aromatic N) is 3. The van der Waals surface area contributed by atoms with Crippen LogP contribution in [0.2, 0.25) is 0 Å². The molecule has 102 valence electrons. The Bertz CT molecular complexity index is 516. The summed E-state index contributed by atoms with van der Waals surface area (Å²) in [7, 11) is 0. The van der Waals surface area contributed by atoms with E-state index in [-0.39, 0.29) is 11.1 Å². The predicted molar refractivity (Wildman–Crippen MR) is 64.0 cm³/mol. The molecule has 0 unspecified atom stereocenters. The van der Waals surface area contributed by atoms with Gasteiger partial charge in [-0.05, 0) is 61.5 Å². The van der Waals surface area contributed by atoms with Crippen LogP contribution in [0.25, 0.3) is 0 Å². The molecule has 1 heterocycles. The quantitative estimate of drug-likeness (QED) is 0.792. The van der Waals surface area contributed by atoms with Crippen LogP contribution in [0.3, 0.4) is 0 Å². The molecule has 0 aromatic carbocycles. The Morgan fingerprint density at radius 2 is 1.68 bits per heavy atom. The highest BCUT2D eigenvalue weighted by Gasteiger charge is 2.54. The van der Waals surface area contributed by atoms with Gasteiger partial charge in [-0.15, -0.1) is 5.10 Å². The van der Waals surface area contributed by atoms with E-state index in [4.69, 9.17) is 0 Å². The molecule has 4 bridgehead atoms. The van der Waals surface area contributed by atoms with E-state index in [1.807, 2.05) is 0 Å². The lowest BCUT2D eigenvalue weighted by Gasteiger charge is -2.56. The molecule has 1 aromatic rings. The van der Waals surface area contributed by atoms with E-state index in [0.29, 0.717) is 28.3 Å². The second-order valence-corrected chi connectivity index (χ2v) is 6.68. The molecule has 4 saturated carbocycles. The number of hydrogen-bond donors (Lipinski definition) is 2. The number of carboxylic acids is 1. The van der Waals surface area contributed by atoms with Gasteiger partial charge >= 0.3 is 5.97 Å². The van der Waals surface area contributed by atoms with Crippen molar-refractivity contribution < 1.29 is 15.1 Å². The molecule has 0 spiro atoms. The molecular formula is C13H17N3O3. The summed E-state index contributed by atoms with van der Waals surface area (Å²) in [6.07, 6.45) is 6.90. The Balaban J connectivity index is 1.82. The Morgan fingerprint density at radius 3 is 2.16 bits per heavy atom. The van der Waals surface area contributed by atoms with Gasteiger partial charge < -0.3 is 10.3 Å². The lowest BCUT2D eigenvalue weighted by Crippen LogP contribution is -2.49. The van der Waals surface area contributed by atoms with Crippen molar-refractivity contribution in [1.82, 2.24) is 15.2 Å². The molecule has 0 aliphatic heterocycles. The number of carboxylic acid groups (broad SMARTS) is 1. The third kappa shape index (κ3) is 1.45. The van der Waals surface area contributed by atoms with E-state index < -0.39 is 5.97 Å². The number of carbonyl (C=O) groups is 1. The number of aromatic nitrogens is 3. The first-order valence-corrected chi connectivity index (χ1v) is 6.96. The molecule has 0 radical (unpaired) electrons. The molecule has 6 nitrogen and oxygen atoms in total. The molecule has 0 saturated heterocycles. The molecule has 4 aliphatic carbocycles. The number of aromatic carboxylic acids is 1. The lowest BCUT2D eigenvalue weighted by molar-refractivity contribution is -0.00819. The number of rotatable bonds is 2. The summed E-state index contributed by atoms with van der Waals surface area (Å²) < 4.78 is 0. The minimum Gasteiger partial charge on any atom is -0.476 e. The maximum Gasteiger partial charge on any atom is 0.359 e. The molecule has 5 rings (SSSR count). The molecule has 0 amide bonds. The Hall–Kier alpha value is -1.59. The molecule has 4 fully saturated rings. The van der Waals surface area contributed by atoms with Crippen LogP contribution in [0.1, 0.15) is 54.7 Å². The van der Waals surface area contributed by atoms with Crippen molar-refractivity contribution in [3.63, 3.8) is 0 Å². The van der Waals surface area contributed by atoms with Crippen molar-refractivity contribution in [2.24, 2.45) is 17.8 Å². The zero-order valence-electron chi connectivity index (χ0n) is 10.6. The Kier molecular flexibility index (Phi) is 2.07. The van der Waals surface area contributed by atoms with Gasteiger partial charge in [-0.2, -0.15) is 0 Å². The highest BCUT2D eigenvalue weighted by Crippen LogP contribution is 2.60. The summed E-state index contributed by atoms with van der Waals surface area (Å²) in [4.78, 5) is 11.8. The minimum atomic E-state index is -1.14. The van der Waals surface area contributed by atoms with Gasteiger partial charge in [-0.1, -0.05) is 4.85 Å². The minimum absolute atomic E-state index is 0.137. The second-order valence-electron chi connectivity index (χ2n) is 6.68. The van der Waals surface area contributed by atoms with Crippen LogP contribution in [0.5, 0.6) is 0 Å². The zero-order chi connectivity index (χ0) is 13.2. The van der Waals surface area contributed by atoms with Crippen LogP contribution < -0.4 is 0 Å². The van der Waals surface area contributed by atoms with Gasteiger partial charge in [0.15, 0.2) is 0 Å². The first kappa shape index (κ1) is 11.3. The maximum atomic E-state index is 11.3. The van der Waals surface area contributed by atoms with Crippen molar-refractivity contribution in [2.75, 3.05) is 0 Å². The van der Waals surface area contributed by atoms with Crippen LogP contribution in [-0.2, 0) is 5.41 Å². The van der Waals surface area contributed by atoms with Gasteiger partial charge in [0.2, 0.25) is 5.69 Å². The van der Waals surface area contributed by atoms with E-state index >= 15 is 0 Å². The third-order valence-electron chi connectivity index (χ3n) is 5.40. The largest absolute Gasteiger partial charge is 0.476 e. The van der Waals surface area contributed by atoms with Crippen LogP contribution in [-0.4, -0.2) is 31.4 Å². The van der Waals surface area contributed by atoms with Gasteiger partial charge in [-0.25, -0.2) is 4.79 Å². The summed E-state index contributed by atoms with van der Waals surface area (Å²) in [5, 5.41) is 26.4. The number of hydrogen-bond acceptors (Lipinski definition) is 4. The standard InChI is InChI=1S/C13H17N3O3/c17-12(18)10-11(14-15-16(10)19)13-4-7-1-8(5-13)3-9(2-7)6-13/h7-9,19H,1-6H2,(H,17,18). The molecular weight excluding hydrogens is 246 g/mol. The summed E-state index contributed by atoms with van der Waals surface area (Å²) in [5.74, 6) is 0.975. The van der Waals surface area contributed by atoms with Gasteiger partial charge in [0.25, 0.3) is 0 Å². The second kappa shape index (κ2) is 3.49. The fourth-order valence-electron chi connectivity index (χ4n) is 5.22. The fourth-order valence-corrected chi connectivity index (χ4v) is 5.22. The lowest BCUT2D eigenvalue weighted by atomic mass is 9.48. The highest BCUT2D eigenvalue weighted by atomic mass is 16.5. The van der Waals surface area contributed by atoms with Crippen molar-refractivity contribution >= 4 is 5.97 Å². The molecule has 0 atom stereocenters. The van der Waals surface area contributed by atoms with Crippen LogP contribution >= 0.6 is 0 Å². The Labute approximate surface area is 110 Å². The monoisotopic (exact) mass is 263 g/mol. The summed E-state index contributed by atoms with van der Waals surface area (Å²) >= 11 is 0. The van der Waals surface area contributed by atoms with Crippen molar-refractivity contribution in [1.29, 1.82) is 0 Å². The van der Waals surface area contributed by atoms with E-state index in [1.54, 1.807) is 0 Å². The normalized spacial score (nSPS) is 39.7. The van der Waals surface area contributed by atoms with E-state index in [9.17, 15) is 15.1 Å². The average Bonchev–Trinajstić information content (AvgIpc) is 2.70. The first-order valence-electron chi connectivity index (χ1n) is 6.96. The smallest absolute Gasteiger partial charge is 0.359 e. The van der Waals surface area contributed by atoms with Crippen molar-refractivity contribution in [2.45, 2.75) is 43.9 Å². The van der Waals surface area contributed by atoms with Crippen LogP contribution in [0.15, 0.2) is 0 Å². The van der Waals surface area contributed by atoms with E-state index in [1.165, 1.54) is 19.3 Å². The van der Waals surface area contributed by atoms with Crippen molar-refractivity contribution in [3.8, 4) is 0 Å². The third-order valence-corrected chi connectivity index (χ3v) is 5.40. The average molecular weight is 263 g/mol. The zero-order valence-corrected chi connectivity index (χ0v) is 10.6. The summed E-state index contributed by atoms with van der Waals surface area (Å²) in [5.41, 5.74) is 0.229. The fraction of sp³-hybridized carbons (Fsp3) is 0.769. The van der Waals surface area contributed by atoms with Gasteiger partial charge in [0.05, 0.1) is 0 Å². The molecule has 4 aliphatic rings. The predicted octanol–water partition coefficient (Wildman–Crippen LogP) is 1.68. The SMILES string of the molecule is O=C(O)c1c(C23CC4CC(CC(C4)C2)C3)nnn1O. The highest BCUT2D eigenvalue weighted by molar-refractivity contribution is 5.87.